The molecule has 1 aliphatic rings. The predicted octanol–water partition coefficient (Wildman–Crippen LogP) is 4.21. The lowest BCUT2D eigenvalue weighted by molar-refractivity contribution is -0.116. The summed E-state index contributed by atoms with van der Waals surface area (Å²) in [7, 11) is 0. The van der Waals surface area contributed by atoms with Crippen molar-refractivity contribution in [1.29, 1.82) is 0 Å². The van der Waals surface area contributed by atoms with Crippen molar-refractivity contribution in [2.24, 2.45) is 0 Å². The molecule has 28 heavy (non-hydrogen) atoms. The summed E-state index contributed by atoms with van der Waals surface area (Å²) in [6.07, 6.45) is 0.884. The molecule has 0 saturated carbocycles. The Bertz CT molecular complexity index is 971. The van der Waals surface area contributed by atoms with Crippen molar-refractivity contribution in [1.82, 2.24) is 10.2 Å². The van der Waals surface area contributed by atoms with Gasteiger partial charge >= 0.3 is 0 Å². The third kappa shape index (κ3) is 3.75. The number of carbonyl (C=O) groups is 1. The van der Waals surface area contributed by atoms with E-state index in [1.807, 2.05) is 54.3 Å². The molecule has 0 aliphatic carbocycles. The van der Waals surface area contributed by atoms with E-state index in [4.69, 9.17) is 9.15 Å². The fourth-order valence-electron chi connectivity index (χ4n) is 3.38. The molecule has 7 heteroatoms. The molecule has 2 heterocycles. The number of benzene rings is 2. The number of carbonyl (C=O) groups excluding carboxylic acids is 1. The normalized spacial score (nSPS) is 15.5. The van der Waals surface area contributed by atoms with Crippen LogP contribution in [0, 0.1) is 0 Å². The highest BCUT2D eigenvalue weighted by Crippen LogP contribution is 2.33. The minimum absolute atomic E-state index is 0.0447. The van der Waals surface area contributed by atoms with Gasteiger partial charge in [0, 0.05) is 17.3 Å². The van der Waals surface area contributed by atoms with Gasteiger partial charge in [-0.2, -0.15) is 0 Å². The second kappa shape index (κ2) is 8.06. The van der Waals surface area contributed by atoms with E-state index >= 15 is 0 Å². The third-order valence-corrected chi connectivity index (χ3v) is 5.42. The monoisotopic (exact) mass is 395 g/mol. The Labute approximate surface area is 167 Å². The number of amides is 1. The number of thioether (sulfide) groups is 1. The largest absolute Gasteiger partial charge is 0.494 e. The first kappa shape index (κ1) is 18.6. The van der Waals surface area contributed by atoms with Gasteiger partial charge < -0.3 is 14.1 Å². The van der Waals surface area contributed by atoms with E-state index in [2.05, 4.69) is 23.2 Å². The summed E-state index contributed by atoms with van der Waals surface area (Å²) in [6, 6.07) is 15.7. The van der Waals surface area contributed by atoms with E-state index in [1.165, 1.54) is 17.3 Å². The summed E-state index contributed by atoms with van der Waals surface area (Å²) in [5.41, 5.74) is 3.03. The number of para-hydroxylation sites is 1. The Morgan fingerprint density at radius 1 is 1.21 bits per heavy atom. The first-order valence-electron chi connectivity index (χ1n) is 9.25. The van der Waals surface area contributed by atoms with Gasteiger partial charge in [0.1, 0.15) is 5.75 Å². The van der Waals surface area contributed by atoms with Crippen LogP contribution in [-0.4, -0.2) is 34.5 Å². The van der Waals surface area contributed by atoms with Crippen LogP contribution in [0.2, 0.25) is 0 Å². The van der Waals surface area contributed by atoms with Gasteiger partial charge in [-0.05, 0) is 56.2 Å². The number of nitrogens with zero attached hydrogens (tertiary/aromatic N) is 3. The van der Waals surface area contributed by atoms with Crippen molar-refractivity contribution in [2.75, 3.05) is 17.3 Å². The average molecular weight is 395 g/mol. The third-order valence-electron chi connectivity index (χ3n) is 4.61. The van der Waals surface area contributed by atoms with Crippen LogP contribution in [0.3, 0.4) is 0 Å². The lowest BCUT2D eigenvalue weighted by Crippen LogP contribution is -2.36. The molecule has 4 rings (SSSR count). The van der Waals surface area contributed by atoms with E-state index in [-0.39, 0.29) is 17.7 Å². The van der Waals surface area contributed by atoms with Crippen LogP contribution >= 0.6 is 11.8 Å². The second-order valence-electron chi connectivity index (χ2n) is 6.56. The molecule has 0 N–H and O–H groups in total. The van der Waals surface area contributed by atoms with E-state index in [1.54, 1.807) is 0 Å². The zero-order chi connectivity index (χ0) is 19.5. The van der Waals surface area contributed by atoms with Crippen molar-refractivity contribution in [2.45, 2.75) is 31.5 Å². The van der Waals surface area contributed by atoms with Crippen LogP contribution in [0.5, 0.6) is 5.75 Å². The number of aromatic nitrogens is 2. The molecule has 144 valence electrons. The van der Waals surface area contributed by atoms with Gasteiger partial charge in [0.25, 0.3) is 5.22 Å². The van der Waals surface area contributed by atoms with Gasteiger partial charge in [0.15, 0.2) is 0 Å². The molecule has 6 nitrogen and oxygen atoms in total. The Hall–Kier alpha value is -2.80. The summed E-state index contributed by atoms with van der Waals surface area (Å²) < 4.78 is 11.1. The molecule has 1 atom stereocenters. The molecule has 0 fully saturated rings. The summed E-state index contributed by atoms with van der Waals surface area (Å²) >= 11 is 1.26. The number of fused-ring (bicyclic) bond motifs is 1. The molecule has 0 bridgehead atoms. The van der Waals surface area contributed by atoms with Crippen LogP contribution in [0.1, 0.15) is 19.4 Å². The first-order chi connectivity index (χ1) is 13.7. The number of ether oxygens (including phenoxy) is 1. The van der Waals surface area contributed by atoms with Crippen molar-refractivity contribution < 1.29 is 13.9 Å². The molecule has 3 aromatic rings. The Morgan fingerprint density at radius 3 is 2.79 bits per heavy atom. The fraction of sp³-hybridized carbons (Fsp3) is 0.286. The highest BCUT2D eigenvalue weighted by atomic mass is 32.2. The quantitative estimate of drug-likeness (QED) is 0.583. The van der Waals surface area contributed by atoms with E-state index in [9.17, 15) is 4.79 Å². The summed E-state index contributed by atoms with van der Waals surface area (Å²) in [6.45, 7) is 4.63. The highest BCUT2D eigenvalue weighted by molar-refractivity contribution is 7.99. The van der Waals surface area contributed by atoms with Gasteiger partial charge in [-0.25, -0.2) is 0 Å². The predicted molar refractivity (Wildman–Crippen MR) is 109 cm³/mol. The fourth-order valence-corrected chi connectivity index (χ4v) is 4.01. The molecule has 2 aromatic carbocycles. The Morgan fingerprint density at radius 2 is 2.00 bits per heavy atom. The smallest absolute Gasteiger partial charge is 0.277 e. The van der Waals surface area contributed by atoms with Gasteiger partial charge in [-0.15, -0.1) is 10.2 Å². The standard InChI is InChI=1S/C21H21N3O3S/c1-3-26-17-10-8-15(9-11-17)20-22-23-21(27-20)28-13-19(25)24-14(2)12-16-6-4-5-7-18(16)24/h4-11,14H,3,12-13H2,1-2H3. The van der Waals surface area contributed by atoms with Crippen molar-refractivity contribution >= 4 is 23.4 Å². The van der Waals surface area contributed by atoms with E-state index < -0.39 is 0 Å². The van der Waals surface area contributed by atoms with Crippen molar-refractivity contribution in [3.8, 4) is 17.2 Å². The van der Waals surface area contributed by atoms with Crippen LogP contribution < -0.4 is 9.64 Å². The topological polar surface area (TPSA) is 68.5 Å². The Kier molecular flexibility index (Phi) is 5.34. The minimum atomic E-state index is 0.0447. The molecular weight excluding hydrogens is 374 g/mol. The van der Waals surface area contributed by atoms with Crippen LogP contribution in [0.4, 0.5) is 5.69 Å². The zero-order valence-corrected chi connectivity index (χ0v) is 16.6. The average Bonchev–Trinajstić information content (AvgIpc) is 3.30. The minimum Gasteiger partial charge on any atom is -0.494 e. The second-order valence-corrected chi connectivity index (χ2v) is 7.49. The zero-order valence-electron chi connectivity index (χ0n) is 15.8. The van der Waals surface area contributed by atoms with E-state index in [0.29, 0.717) is 17.7 Å². The van der Waals surface area contributed by atoms with Crippen molar-refractivity contribution in [3.63, 3.8) is 0 Å². The summed E-state index contributed by atoms with van der Waals surface area (Å²) in [5.74, 6) is 1.52. The summed E-state index contributed by atoms with van der Waals surface area (Å²) in [4.78, 5) is 14.6. The number of rotatable bonds is 6. The molecule has 1 aromatic heterocycles. The lowest BCUT2D eigenvalue weighted by atomic mass is 10.1. The molecule has 1 amide bonds. The number of anilines is 1. The molecular formula is C21H21N3O3S. The van der Waals surface area contributed by atoms with Crippen LogP contribution in [-0.2, 0) is 11.2 Å². The highest BCUT2D eigenvalue weighted by Gasteiger charge is 2.30. The van der Waals surface area contributed by atoms with Gasteiger partial charge in [-0.1, -0.05) is 30.0 Å². The molecule has 1 unspecified atom stereocenters. The van der Waals surface area contributed by atoms with Crippen LogP contribution in [0.15, 0.2) is 58.2 Å². The SMILES string of the molecule is CCOc1ccc(-c2nnc(SCC(=O)N3c4ccccc4CC3C)o2)cc1. The van der Waals surface area contributed by atoms with Gasteiger partial charge in [-0.3, -0.25) is 4.79 Å². The number of hydrogen-bond donors (Lipinski definition) is 0. The molecule has 0 radical (unpaired) electrons. The first-order valence-corrected chi connectivity index (χ1v) is 10.2. The maximum Gasteiger partial charge on any atom is 0.277 e. The van der Waals surface area contributed by atoms with Crippen LogP contribution in [0.25, 0.3) is 11.5 Å². The number of hydrogen-bond acceptors (Lipinski definition) is 6. The molecule has 0 spiro atoms. The van der Waals surface area contributed by atoms with Crippen molar-refractivity contribution in [3.05, 3.63) is 54.1 Å². The van der Waals surface area contributed by atoms with E-state index in [0.717, 1.165) is 23.4 Å². The maximum absolute atomic E-state index is 12.8. The Balaban J connectivity index is 1.40. The van der Waals surface area contributed by atoms with Gasteiger partial charge in [0.05, 0.1) is 12.4 Å². The molecule has 0 saturated heterocycles. The molecule has 1 aliphatic heterocycles. The lowest BCUT2D eigenvalue weighted by Gasteiger charge is -2.22. The summed E-state index contributed by atoms with van der Waals surface area (Å²) in [5, 5.41) is 8.53. The maximum atomic E-state index is 12.8. The van der Waals surface area contributed by atoms with Gasteiger partial charge in [0.2, 0.25) is 11.8 Å².